The average Bonchev–Trinajstić information content (AvgIpc) is 3.30. The van der Waals surface area contributed by atoms with Gasteiger partial charge in [-0.3, -0.25) is 0 Å². The SMILES string of the molecule is OC[C@@H](Nc1cc(Cl)ncc1-c1nc(C23CCN(CC2)CC3)no1)c1ccc(F)cc1. The lowest BCUT2D eigenvalue weighted by molar-refractivity contribution is 0.0747. The number of aromatic nitrogens is 3. The molecule has 0 amide bonds. The molecular formula is C22H23ClFN5O2. The van der Waals surface area contributed by atoms with Gasteiger partial charge in [0.25, 0.3) is 5.89 Å². The summed E-state index contributed by atoms with van der Waals surface area (Å²) in [5, 5.41) is 17.8. The van der Waals surface area contributed by atoms with Gasteiger partial charge in [0.15, 0.2) is 5.82 Å². The molecule has 9 heteroatoms. The first-order valence-electron chi connectivity index (χ1n) is 10.4. The highest BCUT2D eigenvalue weighted by atomic mass is 35.5. The second-order valence-electron chi connectivity index (χ2n) is 8.28. The third-order valence-electron chi connectivity index (χ3n) is 6.51. The Morgan fingerprint density at radius 3 is 2.58 bits per heavy atom. The first-order valence-corrected chi connectivity index (χ1v) is 10.8. The van der Waals surface area contributed by atoms with E-state index in [0.29, 0.717) is 22.3 Å². The predicted molar refractivity (Wildman–Crippen MR) is 114 cm³/mol. The van der Waals surface area contributed by atoms with Crippen molar-refractivity contribution < 1.29 is 14.0 Å². The zero-order valence-electron chi connectivity index (χ0n) is 16.9. The molecule has 0 radical (unpaired) electrons. The molecule has 162 valence electrons. The Labute approximate surface area is 184 Å². The number of piperidine rings is 3. The number of halogens is 2. The molecule has 2 aromatic heterocycles. The van der Waals surface area contributed by atoms with E-state index in [0.717, 1.165) is 50.3 Å². The highest BCUT2D eigenvalue weighted by Gasteiger charge is 2.44. The molecule has 3 saturated heterocycles. The fourth-order valence-corrected chi connectivity index (χ4v) is 4.71. The largest absolute Gasteiger partial charge is 0.394 e. The van der Waals surface area contributed by atoms with Gasteiger partial charge in [0.2, 0.25) is 0 Å². The van der Waals surface area contributed by atoms with Gasteiger partial charge in [-0.15, -0.1) is 0 Å². The number of aliphatic hydroxyl groups is 1. The van der Waals surface area contributed by atoms with Gasteiger partial charge < -0.3 is 19.8 Å². The first kappa shape index (κ1) is 20.4. The summed E-state index contributed by atoms with van der Waals surface area (Å²) in [6, 6.07) is 7.17. The van der Waals surface area contributed by atoms with Crippen LogP contribution in [0.2, 0.25) is 5.15 Å². The Bertz CT molecular complexity index is 1050. The molecule has 3 fully saturated rings. The Kier molecular flexibility index (Phi) is 5.37. The van der Waals surface area contributed by atoms with Crippen LogP contribution in [-0.2, 0) is 5.41 Å². The molecule has 7 nitrogen and oxygen atoms in total. The minimum atomic E-state index is -0.471. The Balaban J connectivity index is 1.45. The molecule has 5 heterocycles. The van der Waals surface area contributed by atoms with Gasteiger partial charge in [0.05, 0.1) is 23.9 Å². The van der Waals surface area contributed by atoms with E-state index in [4.69, 9.17) is 21.1 Å². The van der Waals surface area contributed by atoms with Crippen LogP contribution in [0.5, 0.6) is 0 Å². The van der Waals surface area contributed by atoms with Crippen molar-refractivity contribution in [2.45, 2.75) is 30.7 Å². The van der Waals surface area contributed by atoms with E-state index in [9.17, 15) is 9.50 Å². The van der Waals surface area contributed by atoms with Crippen molar-refractivity contribution in [2.24, 2.45) is 0 Å². The lowest BCUT2D eigenvalue weighted by Gasteiger charge is -2.46. The molecule has 0 spiro atoms. The van der Waals surface area contributed by atoms with Crippen LogP contribution in [0.1, 0.15) is 36.7 Å². The summed E-state index contributed by atoms with van der Waals surface area (Å²) in [4.78, 5) is 11.4. The molecule has 6 rings (SSSR count). The zero-order valence-corrected chi connectivity index (χ0v) is 17.6. The number of benzene rings is 1. The summed E-state index contributed by atoms with van der Waals surface area (Å²) in [6.07, 6.45) is 4.69. The van der Waals surface area contributed by atoms with Crippen molar-refractivity contribution in [3.05, 3.63) is 58.9 Å². The quantitative estimate of drug-likeness (QED) is 0.560. The van der Waals surface area contributed by atoms with E-state index >= 15 is 0 Å². The van der Waals surface area contributed by atoms with Crippen molar-refractivity contribution in [1.82, 2.24) is 20.0 Å². The van der Waals surface area contributed by atoms with E-state index in [-0.39, 0.29) is 17.8 Å². The minimum absolute atomic E-state index is 0.0221. The van der Waals surface area contributed by atoms with Crippen LogP contribution >= 0.6 is 11.6 Å². The van der Waals surface area contributed by atoms with Gasteiger partial charge in [-0.2, -0.15) is 4.98 Å². The Morgan fingerprint density at radius 1 is 1.19 bits per heavy atom. The normalized spacial score (nSPS) is 23.6. The Morgan fingerprint density at radius 2 is 1.90 bits per heavy atom. The van der Waals surface area contributed by atoms with E-state index in [1.54, 1.807) is 24.4 Å². The second-order valence-corrected chi connectivity index (χ2v) is 8.67. The van der Waals surface area contributed by atoms with E-state index in [1.165, 1.54) is 12.1 Å². The van der Waals surface area contributed by atoms with Crippen LogP contribution in [0.3, 0.4) is 0 Å². The van der Waals surface area contributed by atoms with Crippen molar-refractivity contribution in [2.75, 3.05) is 31.6 Å². The van der Waals surface area contributed by atoms with E-state index in [2.05, 4.69) is 20.4 Å². The van der Waals surface area contributed by atoms with Crippen LogP contribution in [0.25, 0.3) is 11.5 Å². The predicted octanol–water partition coefficient (Wildman–Crippen LogP) is 3.81. The number of hydrogen-bond acceptors (Lipinski definition) is 7. The standard InChI is InChI=1S/C22H23ClFN5O2/c23-19-11-17(26-18(13-30)14-1-3-15(24)4-2-14)16(12-25-19)20-27-21(28-31-20)22-5-8-29(9-6-22)10-7-22/h1-4,11-12,18,30H,5-10,13H2,(H,25,26)/t18-/m1/s1. The van der Waals surface area contributed by atoms with Crippen molar-refractivity contribution in [3.8, 4) is 11.5 Å². The molecular weight excluding hydrogens is 421 g/mol. The van der Waals surface area contributed by atoms with Crippen LogP contribution in [-0.4, -0.2) is 51.4 Å². The molecule has 3 aliphatic heterocycles. The summed E-state index contributed by atoms with van der Waals surface area (Å²) >= 11 is 6.14. The highest BCUT2D eigenvalue weighted by molar-refractivity contribution is 6.29. The van der Waals surface area contributed by atoms with Gasteiger partial charge in [0.1, 0.15) is 11.0 Å². The van der Waals surface area contributed by atoms with E-state index < -0.39 is 6.04 Å². The number of hydrogen-bond donors (Lipinski definition) is 2. The topological polar surface area (TPSA) is 87.3 Å². The first-order chi connectivity index (χ1) is 15.1. The number of nitrogens with one attached hydrogen (secondary N) is 1. The number of pyridine rings is 1. The van der Waals surface area contributed by atoms with Crippen LogP contribution in [0.15, 0.2) is 41.1 Å². The summed E-state index contributed by atoms with van der Waals surface area (Å²) < 4.78 is 19.0. The molecule has 3 aromatic rings. The number of rotatable bonds is 6. The summed E-state index contributed by atoms with van der Waals surface area (Å²) in [5.41, 5.74) is 1.93. The molecule has 2 bridgehead atoms. The van der Waals surface area contributed by atoms with Crippen molar-refractivity contribution in [3.63, 3.8) is 0 Å². The van der Waals surface area contributed by atoms with Gasteiger partial charge >= 0.3 is 0 Å². The van der Waals surface area contributed by atoms with Crippen molar-refractivity contribution >= 4 is 17.3 Å². The molecule has 1 aromatic carbocycles. The fraction of sp³-hybridized carbons (Fsp3) is 0.409. The number of nitrogens with zero attached hydrogens (tertiary/aromatic N) is 4. The average molecular weight is 444 g/mol. The third kappa shape index (κ3) is 3.91. The lowest BCUT2D eigenvalue weighted by Crippen LogP contribution is -2.51. The summed E-state index contributed by atoms with van der Waals surface area (Å²) in [6.45, 7) is 3.00. The molecule has 31 heavy (non-hydrogen) atoms. The van der Waals surface area contributed by atoms with E-state index in [1.807, 2.05) is 0 Å². The van der Waals surface area contributed by atoms with Gasteiger partial charge in [-0.1, -0.05) is 28.9 Å². The molecule has 3 aliphatic rings. The van der Waals surface area contributed by atoms with Gasteiger partial charge in [0, 0.05) is 11.6 Å². The second kappa shape index (κ2) is 8.18. The maximum atomic E-state index is 13.3. The van der Waals surface area contributed by atoms with Gasteiger partial charge in [-0.25, -0.2) is 9.37 Å². The zero-order chi connectivity index (χ0) is 21.4. The number of anilines is 1. The maximum Gasteiger partial charge on any atom is 0.261 e. The molecule has 0 saturated carbocycles. The monoisotopic (exact) mass is 443 g/mol. The third-order valence-corrected chi connectivity index (χ3v) is 6.71. The Hall–Kier alpha value is -2.55. The molecule has 2 N–H and O–H groups in total. The smallest absolute Gasteiger partial charge is 0.261 e. The maximum absolute atomic E-state index is 13.3. The molecule has 0 unspecified atom stereocenters. The van der Waals surface area contributed by atoms with Crippen LogP contribution in [0, 0.1) is 5.82 Å². The molecule has 0 aliphatic carbocycles. The molecule has 1 atom stereocenters. The number of fused-ring (bicyclic) bond motifs is 3. The van der Waals surface area contributed by atoms with Gasteiger partial charge in [-0.05, 0) is 62.7 Å². The lowest BCUT2D eigenvalue weighted by atomic mass is 9.71. The van der Waals surface area contributed by atoms with Crippen LogP contribution in [0.4, 0.5) is 10.1 Å². The van der Waals surface area contributed by atoms with Crippen molar-refractivity contribution in [1.29, 1.82) is 0 Å². The fourth-order valence-electron chi connectivity index (χ4n) is 4.55. The van der Waals surface area contributed by atoms with Crippen LogP contribution < -0.4 is 5.32 Å². The summed E-state index contributed by atoms with van der Waals surface area (Å²) in [7, 11) is 0. The minimum Gasteiger partial charge on any atom is -0.394 e. The summed E-state index contributed by atoms with van der Waals surface area (Å²) in [5.74, 6) is 0.777. The highest BCUT2D eigenvalue weighted by Crippen LogP contribution is 2.42. The number of aliphatic hydroxyl groups excluding tert-OH is 1.